The van der Waals surface area contributed by atoms with Crippen LogP contribution in [0.1, 0.15) is 10.4 Å². The molecule has 0 saturated carbocycles. The molecule has 2 aromatic carbocycles. The standard InChI is InChI=1S/C18H19ClN4O7S/c1-20-14-7-4-11(8-15(14)23(26)27)18(25)30-10-17(24)21-12-5-6-13(19)16(9-12)31(28,29)22(2)3/h4-9,20H,10H2,1-3H3,(H,21,24). The van der Waals surface area contributed by atoms with E-state index in [2.05, 4.69) is 10.6 Å². The topological polar surface area (TPSA) is 148 Å². The van der Waals surface area contributed by atoms with Gasteiger partial charge < -0.3 is 15.4 Å². The van der Waals surface area contributed by atoms with Crippen molar-refractivity contribution >= 4 is 50.6 Å². The van der Waals surface area contributed by atoms with Crippen LogP contribution in [-0.4, -0.2) is 57.3 Å². The van der Waals surface area contributed by atoms with Crippen LogP contribution in [-0.2, 0) is 19.6 Å². The van der Waals surface area contributed by atoms with Crippen LogP contribution in [0.25, 0.3) is 0 Å². The molecule has 0 fully saturated rings. The molecule has 0 unspecified atom stereocenters. The molecule has 0 radical (unpaired) electrons. The van der Waals surface area contributed by atoms with Crippen molar-refractivity contribution in [1.82, 2.24) is 4.31 Å². The zero-order chi connectivity index (χ0) is 23.3. The van der Waals surface area contributed by atoms with Gasteiger partial charge in [-0.3, -0.25) is 14.9 Å². The van der Waals surface area contributed by atoms with Crippen LogP contribution in [0.15, 0.2) is 41.3 Å². The van der Waals surface area contributed by atoms with Crippen molar-refractivity contribution in [3.05, 3.63) is 57.1 Å². The molecule has 31 heavy (non-hydrogen) atoms. The van der Waals surface area contributed by atoms with E-state index in [0.29, 0.717) is 0 Å². The van der Waals surface area contributed by atoms with Crippen LogP contribution in [0.3, 0.4) is 0 Å². The Morgan fingerprint density at radius 3 is 2.45 bits per heavy atom. The minimum absolute atomic E-state index is 0.0234. The van der Waals surface area contributed by atoms with Gasteiger partial charge in [-0.05, 0) is 30.3 Å². The predicted octanol–water partition coefficient (Wildman–Crippen LogP) is 2.34. The van der Waals surface area contributed by atoms with Gasteiger partial charge in [-0.15, -0.1) is 0 Å². The lowest BCUT2D eigenvalue weighted by molar-refractivity contribution is -0.384. The second kappa shape index (κ2) is 9.73. The van der Waals surface area contributed by atoms with Gasteiger partial charge in [-0.25, -0.2) is 17.5 Å². The number of hydrogen-bond donors (Lipinski definition) is 2. The summed E-state index contributed by atoms with van der Waals surface area (Å²) in [5, 5.41) is 16.1. The van der Waals surface area contributed by atoms with Gasteiger partial charge in [0.1, 0.15) is 10.6 Å². The molecule has 0 spiro atoms. The number of nitrogens with zero attached hydrogens (tertiary/aromatic N) is 2. The molecule has 0 aliphatic rings. The number of rotatable bonds is 8. The van der Waals surface area contributed by atoms with E-state index >= 15 is 0 Å². The third-order valence-corrected chi connectivity index (χ3v) is 6.30. The maximum absolute atomic E-state index is 12.3. The lowest BCUT2D eigenvalue weighted by Crippen LogP contribution is -2.23. The lowest BCUT2D eigenvalue weighted by atomic mass is 10.1. The average Bonchev–Trinajstić information content (AvgIpc) is 2.72. The van der Waals surface area contributed by atoms with Crippen molar-refractivity contribution in [2.75, 3.05) is 38.4 Å². The Morgan fingerprint density at radius 1 is 1.19 bits per heavy atom. The molecule has 0 atom stereocenters. The highest BCUT2D eigenvalue weighted by Gasteiger charge is 2.22. The molecule has 0 heterocycles. The molecule has 2 rings (SSSR count). The van der Waals surface area contributed by atoms with E-state index in [1.165, 1.54) is 51.5 Å². The first-order valence-electron chi connectivity index (χ1n) is 8.62. The van der Waals surface area contributed by atoms with Gasteiger partial charge in [0.15, 0.2) is 6.61 Å². The average molecular weight is 471 g/mol. The molecular formula is C18H19ClN4O7S. The molecule has 0 saturated heterocycles. The van der Waals surface area contributed by atoms with E-state index < -0.39 is 33.4 Å². The molecule has 0 aliphatic carbocycles. The van der Waals surface area contributed by atoms with Crippen LogP contribution in [0.2, 0.25) is 5.02 Å². The van der Waals surface area contributed by atoms with Gasteiger partial charge >= 0.3 is 5.97 Å². The summed E-state index contributed by atoms with van der Waals surface area (Å²) >= 11 is 5.95. The summed E-state index contributed by atoms with van der Waals surface area (Å²) in [7, 11) is 0.331. The molecular weight excluding hydrogens is 452 g/mol. The second-order valence-electron chi connectivity index (χ2n) is 6.30. The summed E-state index contributed by atoms with van der Waals surface area (Å²) in [4.78, 5) is 34.5. The zero-order valence-corrected chi connectivity index (χ0v) is 18.3. The van der Waals surface area contributed by atoms with Crippen molar-refractivity contribution in [1.29, 1.82) is 0 Å². The number of nitro benzene ring substituents is 1. The highest BCUT2D eigenvalue weighted by molar-refractivity contribution is 7.89. The summed E-state index contributed by atoms with van der Waals surface area (Å²) in [5.41, 5.74) is -0.0908. The maximum atomic E-state index is 12.3. The van der Waals surface area contributed by atoms with Crippen LogP contribution in [0.5, 0.6) is 0 Å². The fraction of sp³-hybridized carbons (Fsp3) is 0.222. The van der Waals surface area contributed by atoms with Crippen molar-refractivity contribution in [3.8, 4) is 0 Å². The normalized spacial score (nSPS) is 11.1. The number of carbonyl (C=O) groups is 2. The SMILES string of the molecule is CNc1ccc(C(=O)OCC(=O)Nc2ccc(Cl)c(S(=O)(=O)N(C)C)c2)cc1[N+](=O)[O-]. The van der Waals surface area contributed by atoms with Gasteiger partial charge in [0, 0.05) is 32.9 Å². The summed E-state index contributed by atoms with van der Waals surface area (Å²) in [5.74, 6) is -1.68. The van der Waals surface area contributed by atoms with Gasteiger partial charge in [0.2, 0.25) is 10.0 Å². The zero-order valence-electron chi connectivity index (χ0n) is 16.7. The summed E-state index contributed by atoms with van der Waals surface area (Å²) in [6, 6.07) is 7.56. The number of halogens is 1. The van der Waals surface area contributed by atoms with Crippen molar-refractivity contribution in [2.45, 2.75) is 4.90 Å². The molecule has 1 amide bonds. The Bertz CT molecular complexity index is 1140. The first kappa shape index (κ1) is 24.1. The Hall–Kier alpha value is -3.22. The number of nitrogens with one attached hydrogen (secondary N) is 2. The first-order chi connectivity index (χ1) is 14.5. The largest absolute Gasteiger partial charge is 0.452 e. The van der Waals surface area contributed by atoms with E-state index in [4.69, 9.17) is 16.3 Å². The Morgan fingerprint density at radius 2 is 1.87 bits per heavy atom. The number of benzene rings is 2. The number of anilines is 2. The molecule has 13 heteroatoms. The van der Waals surface area contributed by atoms with Crippen molar-refractivity contribution < 1.29 is 27.7 Å². The van der Waals surface area contributed by atoms with Crippen LogP contribution < -0.4 is 10.6 Å². The quantitative estimate of drug-likeness (QED) is 0.339. The third-order valence-electron chi connectivity index (χ3n) is 4.01. The molecule has 0 bridgehead atoms. The number of esters is 1. The Kier molecular flexibility index (Phi) is 7.55. The van der Waals surface area contributed by atoms with Crippen LogP contribution in [0.4, 0.5) is 17.1 Å². The van der Waals surface area contributed by atoms with Crippen molar-refractivity contribution in [2.24, 2.45) is 0 Å². The van der Waals surface area contributed by atoms with Gasteiger partial charge in [0.05, 0.1) is 15.5 Å². The smallest absolute Gasteiger partial charge is 0.338 e. The number of sulfonamides is 1. The molecule has 11 nitrogen and oxygen atoms in total. The fourth-order valence-electron chi connectivity index (χ4n) is 2.41. The number of amides is 1. The molecule has 166 valence electrons. The number of nitro groups is 1. The minimum Gasteiger partial charge on any atom is -0.452 e. The monoisotopic (exact) mass is 470 g/mol. The minimum atomic E-state index is -3.84. The summed E-state index contributed by atoms with van der Waals surface area (Å²) in [6.07, 6.45) is 0. The molecule has 0 aromatic heterocycles. The Balaban J connectivity index is 2.08. The third kappa shape index (κ3) is 5.69. The first-order valence-corrected chi connectivity index (χ1v) is 10.4. The summed E-state index contributed by atoms with van der Waals surface area (Å²) < 4.78 is 30.4. The number of ether oxygens (including phenoxy) is 1. The van der Waals surface area contributed by atoms with Crippen LogP contribution in [0, 0.1) is 10.1 Å². The second-order valence-corrected chi connectivity index (χ2v) is 8.82. The predicted molar refractivity (Wildman–Crippen MR) is 114 cm³/mol. The number of carbonyl (C=O) groups excluding carboxylic acids is 2. The maximum Gasteiger partial charge on any atom is 0.338 e. The highest BCUT2D eigenvalue weighted by atomic mass is 35.5. The number of hydrogen-bond acceptors (Lipinski definition) is 8. The van der Waals surface area contributed by atoms with E-state index in [1.54, 1.807) is 0 Å². The molecule has 2 aromatic rings. The van der Waals surface area contributed by atoms with Gasteiger partial charge in [-0.1, -0.05) is 11.6 Å². The van der Waals surface area contributed by atoms with Crippen LogP contribution >= 0.6 is 11.6 Å². The molecule has 0 aliphatic heterocycles. The lowest BCUT2D eigenvalue weighted by Gasteiger charge is -2.14. The molecule has 2 N–H and O–H groups in total. The van der Waals surface area contributed by atoms with E-state index in [9.17, 15) is 28.1 Å². The fourth-order valence-corrected chi connectivity index (χ4v) is 3.80. The van der Waals surface area contributed by atoms with E-state index in [1.807, 2.05) is 0 Å². The van der Waals surface area contributed by atoms with Gasteiger partial charge in [-0.2, -0.15) is 0 Å². The Labute approximate surface area is 183 Å². The van der Waals surface area contributed by atoms with E-state index in [-0.39, 0.29) is 32.5 Å². The van der Waals surface area contributed by atoms with Gasteiger partial charge in [0.25, 0.3) is 11.6 Å². The highest BCUT2D eigenvalue weighted by Crippen LogP contribution is 2.27. The van der Waals surface area contributed by atoms with E-state index in [0.717, 1.165) is 10.4 Å². The van der Waals surface area contributed by atoms with Crippen molar-refractivity contribution in [3.63, 3.8) is 0 Å². The summed E-state index contributed by atoms with van der Waals surface area (Å²) in [6.45, 7) is -0.696.